The zero-order valence-corrected chi connectivity index (χ0v) is 9.97. The monoisotopic (exact) mass is 278 g/mol. The molecule has 0 aliphatic heterocycles. The van der Waals surface area contributed by atoms with Crippen molar-refractivity contribution in [2.45, 2.75) is 18.9 Å². The fraction of sp³-hybridized carbons (Fsp3) is 0.444. The highest BCUT2D eigenvalue weighted by atomic mass is 32.1. The normalized spacial score (nSPS) is 14.9. The van der Waals surface area contributed by atoms with E-state index in [0.717, 1.165) is 6.92 Å². The lowest BCUT2D eigenvalue weighted by Crippen LogP contribution is -2.54. The zero-order chi connectivity index (χ0) is 14.5. The summed E-state index contributed by atoms with van der Waals surface area (Å²) in [5.41, 5.74) is -2.76. The molecular formula is C9H10O8S. The van der Waals surface area contributed by atoms with Gasteiger partial charge in [0.1, 0.15) is 5.92 Å². The average molecular weight is 278 g/mol. The number of rotatable bonds is 7. The Bertz CT molecular complexity index is 385. The van der Waals surface area contributed by atoms with Crippen LogP contribution in [-0.2, 0) is 23.9 Å². The summed E-state index contributed by atoms with van der Waals surface area (Å²) in [6, 6.07) is 0. The third kappa shape index (κ3) is 3.48. The van der Waals surface area contributed by atoms with E-state index >= 15 is 0 Å². The molecule has 0 spiro atoms. The van der Waals surface area contributed by atoms with Crippen LogP contribution >= 0.6 is 12.2 Å². The van der Waals surface area contributed by atoms with Gasteiger partial charge in [-0.3, -0.25) is 14.4 Å². The van der Waals surface area contributed by atoms with Crippen LogP contribution in [-0.4, -0.2) is 50.2 Å². The smallest absolute Gasteiger partial charge is 0.350 e. The van der Waals surface area contributed by atoms with E-state index in [2.05, 4.69) is 17.0 Å². The summed E-state index contributed by atoms with van der Waals surface area (Å²) in [6.07, 6.45) is -1.22. The number of thiocarbonyl (C=S) groups is 1. The summed E-state index contributed by atoms with van der Waals surface area (Å²) >= 11 is 4.37. The first kappa shape index (κ1) is 16.0. The van der Waals surface area contributed by atoms with E-state index in [-0.39, 0.29) is 0 Å². The first-order valence-corrected chi connectivity index (χ1v) is 4.97. The second-order valence-corrected chi connectivity index (χ2v) is 3.58. The summed E-state index contributed by atoms with van der Waals surface area (Å²) in [7, 11) is 0. The highest BCUT2D eigenvalue weighted by Gasteiger charge is 2.54. The second-order valence-electron chi connectivity index (χ2n) is 3.31. The lowest BCUT2D eigenvalue weighted by Gasteiger charge is -2.30. The predicted molar refractivity (Wildman–Crippen MR) is 59.2 cm³/mol. The van der Waals surface area contributed by atoms with Gasteiger partial charge in [0.05, 0.1) is 6.42 Å². The molecule has 0 amide bonds. The minimum absolute atomic E-state index is 0.544. The lowest BCUT2D eigenvalue weighted by atomic mass is 9.85. The van der Waals surface area contributed by atoms with Crippen molar-refractivity contribution >= 4 is 41.5 Å². The van der Waals surface area contributed by atoms with Gasteiger partial charge in [-0.2, -0.15) is 0 Å². The van der Waals surface area contributed by atoms with Crippen molar-refractivity contribution in [3.63, 3.8) is 0 Å². The number of esters is 1. The Morgan fingerprint density at radius 1 is 1.28 bits per heavy atom. The van der Waals surface area contributed by atoms with Crippen molar-refractivity contribution in [2.24, 2.45) is 5.92 Å². The van der Waals surface area contributed by atoms with Crippen molar-refractivity contribution in [3.8, 4) is 0 Å². The first-order valence-electron chi connectivity index (χ1n) is 4.50. The molecule has 0 rings (SSSR count). The SMILES string of the molecule is CC(=O)OC(CC(=O)O)(C(=O)O)C(C=S)C(=O)O. The number of hydrogen-bond donors (Lipinski definition) is 3. The Hall–Kier alpha value is -2.03. The van der Waals surface area contributed by atoms with Crippen LogP contribution < -0.4 is 0 Å². The number of carboxylic acid groups (broad SMARTS) is 3. The van der Waals surface area contributed by atoms with E-state index in [1.165, 1.54) is 0 Å². The molecule has 0 bridgehead atoms. The lowest BCUT2D eigenvalue weighted by molar-refractivity contribution is -0.188. The summed E-state index contributed by atoms with van der Waals surface area (Å²) in [6.45, 7) is 0.835. The van der Waals surface area contributed by atoms with Crippen LogP contribution in [0, 0.1) is 5.92 Å². The molecule has 0 aliphatic rings. The number of hydrogen-bond acceptors (Lipinski definition) is 6. The maximum absolute atomic E-state index is 11.1. The molecule has 100 valence electrons. The van der Waals surface area contributed by atoms with Gasteiger partial charge in [0.25, 0.3) is 0 Å². The van der Waals surface area contributed by atoms with E-state index < -0.39 is 41.8 Å². The van der Waals surface area contributed by atoms with Gasteiger partial charge in [0.15, 0.2) is 0 Å². The molecule has 0 aromatic carbocycles. The first-order chi connectivity index (χ1) is 8.17. The average Bonchev–Trinajstić information content (AvgIpc) is 2.14. The molecule has 0 heterocycles. The van der Waals surface area contributed by atoms with Crippen molar-refractivity contribution in [1.82, 2.24) is 0 Å². The molecule has 9 heteroatoms. The molecule has 0 saturated carbocycles. The van der Waals surface area contributed by atoms with Gasteiger partial charge in [-0.1, -0.05) is 12.2 Å². The molecule has 0 radical (unpaired) electrons. The van der Waals surface area contributed by atoms with E-state index in [4.69, 9.17) is 15.3 Å². The molecule has 0 aromatic rings. The number of carbonyl (C=O) groups excluding carboxylic acids is 1. The molecule has 0 fully saturated rings. The molecule has 2 unspecified atom stereocenters. The summed E-state index contributed by atoms with van der Waals surface area (Å²) in [4.78, 5) is 43.5. The second kappa shape index (κ2) is 6.05. The van der Waals surface area contributed by atoms with Gasteiger partial charge in [-0.05, 0) is 5.37 Å². The molecule has 3 N–H and O–H groups in total. The van der Waals surface area contributed by atoms with Crippen LogP contribution in [0.5, 0.6) is 0 Å². The van der Waals surface area contributed by atoms with E-state index in [1.54, 1.807) is 0 Å². The van der Waals surface area contributed by atoms with Gasteiger partial charge in [-0.15, -0.1) is 0 Å². The van der Waals surface area contributed by atoms with Gasteiger partial charge in [0, 0.05) is 6.92 Å². The summed E-state index contributed by atoms with van der Waals surface area (Å²) < 4.78 is 4.43. The predicted octanol–water partition coefficient (Wildman–Crippen LogP) is -0.452. The summed E-state index contributed by atoms with van der Waals surface area (Å²) in [5, 5.41) is 27.0. The number of carbonyl (C=O) groups is 4. The van der Waals surface area contributed by atoms with Crippen molar-refractivity contribution in [3.05, 3.63) is 0 Å². The van der Waals surface area contributed by atoms with E-state index in [0.29, 0.717) is 5.37 Å². The Balaban J connectivity index is 5.78. The van der Waals surface area contributed by atoms with Gasteiger partial charge < -0.3 is 20.1 Å². The summed E-state index contributed by atoms with van der Waals surface area (Å²) in [5.74, 6) is -8.31. The maximum atomic E-state index is 11.1. The Labute approximate surface area is 106 Å². The quantitative estimate of drug-likeness (QED) is 0.417. The van der Waals surface area contributed by atoms with Crippen LogP contribution in [0.1, 0.15) is 13.3 Å². The topological polar surface area (TPSA) is 138 Å². The number of aliphatic carboxylic acids is 3. The van der Waals surface area contributed by atoms with E-state index in [9.17, 15) is 19.2 Å². The Morgan fingerprint density at radius 2 is 1.78 bits per heavy atom. The molecule has 0 aliphatic carbocycles. The van der Waals surface area contributed by atoms with Crippen LogP contribution in [0.3, 0.4) is 0 Å². The molecule has 18 heavy (non-hydrogen) atoms. The third-order valence-electron chi connectivity index (χ3n) is 2.01. The fourth-order valence-corrected chi connectivity index (χ4v) is 1.65. The van der Waals surface area contributed by atoms with Crippen LogP contribution in [0.2, 0.25) is 0 Å². The maximum Gasteiger partial charge on any atom is 0.350 e. The largest absolute Gasteiger partial charge is 0.481 e. The Morgan fingerprint density at radius 3 is 2.00 bits per heavy atom. The van der Waals surface area contributed by atoms with Crippen LogP contribution in [0.4, 0.5) is 0 Å². The minimum atomic E-state index is -2.76. The zero-order valence-electron chi connectivity index (χ0n) is 9.15. The highest BCUT2D eigenvalue weighted by Crippen LogP contribution is 2.27. The number of ether oxygens (including phenoxy) is 1. The molecule has 2 atom stereocenters. The van der Waals surface area contributed by atoms with Crippen LogP contribution in [0.25, 0.3) is 0 Å². The van der Waals surface area contributed by atoms with Crippen molar-refractivity contribution in [1.29, 1.82) is 0 Å². The van der Waals surface area contributed by atoms with E-state index in [1.807, 2.05) is 0 Å². The van der Waals surface area contributed by atoms with Gasteiger partial charge in [0.2, 0.25) is 5.60 Å². The van der Waals surface area contributed by atoms with Crippen molar-refractivity contribution < 1.29 is 39.2 Å². The Kier molecular flexibility index (Phi) is 5.37. The fourth-order valence-electron chi connectivity index (χ4n) is 1.31. The van der Waals surface area contributed by atoms with Gasteiger partial charge >= 0.3 is 23.9 Å². The molecular weight excluding hydrogens is 268 g/mol. The number of carboxylic acids is 3. The van der Waals surface area contributed by atoms with Crippen LogP contribution in [0.15, 0.2) is 0 Å². The van der Waals surface area contributed by atoms with Crippen molar-refractivity contribution in [2.75, 3.05) is 0 Å². The molecule has 0 aromatic heterocycles. The highest BCUT2D eigenvalue weighted by molar-refractivity contribution is 7.79. The third-order valence-corrected chi connectivity index (χ3v) is 2.28. The standard InChI is InChI=1S/C9H10O8S/c1-4(10)17-9(8(15)16,2-6(11)12)5(3-18)7(13)14/h3,5H,2H2,1H3,(H,11,12)(H,13,14)(H,15,16). The van der Waals surface area contributed by atoms with Gasteiger partial charge in [-0.25, -0.2) is 4.79 Å². The molecule has 0 saturated heterocycles. The molecule has 8 nitrogen and oxygen atoms in total. The minimum Gasteiger partial charge on any atom is -0.481 e.